The van der Waals surface area contributed by atoms with E-state index in [1.54, 1.807) is 12.1 Å². The SMILES string of the molecule is O[C@@H](CNCc1cc(Br)ccc1OCc1ccc(Cl)c(Cl)c1)c1ccccc1. The van der Waals surface area contributed by atoms with Crippen LogP contribution in [-0.2, 0) is 13.2 Å². The minimum atomic E-state index is -0.561. The van der Waals surface area contributed by atoms with Crippen LogP contribution < -0.4 is 10.1 Å². The van der Waals surface area contributed by atoms with Crippen molar-refractivity contribution >= 4 is 39.1 Å². The minimum absolute atomic E-state index is 0.387. The molecule has 0 bridgehead atoms. The van der Waals surface area contributed by atoms with Crippen LogP contribution >= 0.6 is 39.1 Å². The van der Waals surface area contributed by atoms with Gasteiger partial charge in [-0.2, -0.15) is 0 Å². The van der Waals surface area contributed by atoms with Gasteiger partial charge >= 0.3 is 0 Å². The molecule has 2 N–H and O–H groups in total. The van der Waals surface area contributed by atoms with Crippen molar-refractivity contribution in [1.29, 1.82) is 0 Å². The topological polar surface area (TPSA) is 41.5 Å². The van der Waals surface area contributed by atoms with E-state index in [2.05, 4.69) is 21.2 Å². The number of rotatable bonds is 8. The fourth-order valence-corrected chi connectivity index (χ4v) is 3.48. The van der Waals surface area contributed by atoms with Crippen molar-refractivity contribution in [2.45, 2.75) is 19.3 Å². The highest BCUT2D eigenvalue weighted by Crippen LogP contribution is 2.26. The van der Waals surface area contributed by atoms with Gasteiger partial charge in [-0.3, -0.25) is 0 Å². The lowest BCUT2D eigenvalue weighted by Gasteiger charge is -2.15. The summed E-state index contributed by atoms with van der Waals surface area (Å²) in [6.45, 7) is 1.40. The van der Waals surface area contributed by atoms with E-state index in [1.165, 1.54) is 0 Å². The van der Waals surface area contributed by atoms with Crippen LogP contribution in [0.5, 0.6) is 5.75 Å². The molecule has 0 fully saturated rings. The molecule has 0 aliphatic heterocycles. The smallest absolute Gasteiger partial charge is 0.124 e. The molecule has 0 radical (unpaired) electrons. The molecule has 0 aliphatic carbocycles. The molecule has 146 valence electrons. The molecular weight excluding hydrogens is 461 g/mol. The van der Waals surface area contributed by atoms with Gasteiger partial charge in [-0.05, 0) is 41.5 Å². The molecule has 3 aromatic rings. The average Bonchev–Trinajstić information content (AvgIpc) is 2.70. The van der Waals surface area contributed by atoms with Gasteiger partial charge in [0.15, 0.2) is 0 Å². The Morgan fingerprint density at radius 1 is 0.964 bits per heavy atom. The van der Waals surface area contributed by atoms with Gasteiger partial charge in [0.25, 0.3) is 0 Å². The lowest BCUT2D eigenvalue weighted by Crippen LogP contribution is -2.21. The van der Waals surface area contributed by atoms with E-state index in [-0.39, 0.29) is 0 Å². The first kappa shape index (κ1) is 21.2. The van der Waals surface area contributed by atoms with Gasteiger partial charge in [0.05, 0.1) is 16.1 Å². The zero-order valence-corrected chi connectivity index (χ0v) is 18.1. The van der Waals surface area contributed by atoms with Crippen LogP contribution in [0.25, 0.3) is 0 Å². The fraction of sp³-hybridized carbons (Fsp3) is 0.182. The highest BCUT2D eigenvalue weighted by atomic mass is 79.9. The number of hydrogen-bond donors (Lipinski definition) is 2. The predicted molar refractivity (Wildman–Crippen MR) is 118 cm³/mol. The van der Waals surface area contributed by atoms with Crippen molar-refractivity contribution in [3.63, 3.8) is 0 Å². The largest absolute Gasteiger partial charge is 0.489 e. The van der Waals surface area contributed by atoms with Gasteiger partial charge in [-0.25, -0.2) is 0 Å². The Morgan fingerprint density at radius 3 is 2.50 bits per heavy atom. The van der Waals surface area contributed by atoms with E-state index in [9.17, 15) is 5.11 Å². The van der Waals surface area contributed by atoms with E-state index in [0.717, 1.165) is 26.9 Å². The number of aliphatic hydroxyl groups excluding tert-OH is 1. The molecule has 0 aliphatic rings. The Bertz CT molecular complexity index is 922. The number of benzene rings is 3. The van der Waals surface area contributed by atoms with Crippen LogP contribution in [0.3, 0.4) is 0 Å². The van der Waals surface area contributed by atoms with E-state index in [0.29, 0.717) is 29.7 Å². The van der Waals surface area contributed by atoms with Crippen LogP contribution in [0, 0.1) is 0 Å². The third-order valence-corrected chi connectivity index (χ3v) is 5.47. The van der Waals surface area contributed by atoms with Gasteiger partial charge in [0.1, 0.15) is 12.4 Å². The molecule has 3 nitrogen and oxygen atoms in total. The number of hydrogen-bond acceptors (Lipinski definition) is 3. The first-order valence-electron chi connectivity index (χ1n) is 8.82. The highest BCUT2D eigenvalue weighted by molar-refractivity contribution is 9.10. The molecule has 0 amide bonds. The maximum absolute atomic E-state index is 10.3. The summed E-state index contributed by atoms with van der Waals surface area (Å²) < 4.78 is 6.96. The third kappa shape index (κ3) is 5.97. The summed E-state index contributed by atoms with van der Waals surface area (Å²) in [6.07, 6.45) is -0.561. The van der Waals surface area contributed by atoms with Crippen molar-refractivity contribution in [3.05, 3.63) is 97.9 Å². The van der Waals surface area contributed by atoms with Crippen LogP contribution in [0.15, 0.2) is 71.2 Å². The lowest BCUT2D eigenvalue weighted by atomic mass is 10.1. The Morgan fingerprint density at radius 2 is 1.75 bits per heavy atom. The zero-order valence-electron chi connectivity index (χ0n) is 15.0. The maximum atomic E-state index is 10.3. The molecule has 0 heterocycles. The van der Waals surface area contributed by atoms with Gasteiger partial charge in [0.2, 0.25) is 0 Å². The Balaban J connectivity index is 1.61. The number of halogens is 3. The second-order valence-electron chi connectivity index (χ2n) is 6.35. The number of ether oxygens (including phenoxy) is 1. The average molecular weight is 481 g/mol. The summed E-state index contributed by atoms with van der Waals surface area (Å²) in [7, 11) is 0. The van der Waals surface area contributed by atoms with E-state index >= 15 is 0 Å². The zero-order chi connectivity index (χ0) is 19.9. The van der Waals surface area contributed by atoms with E-state index in [4.69, 9.17) is 27.9 Å². The summed E-state index contributed by atoms with van der Waals surface area (Å²) >= 11 is 15.5. The second-order valence-corrected chi connectivity index (χ2v) is 8.08. The molecule has 0 spiro atoms. The van der Waals surface area contributed by atoms with Crippen LogP contribution in [0.2, 0.25) is 10.0 Å². The summed E-state index contributed by atoms with van der Waals surface area (Å²) in [6, 6.07) is 20.9. The molecule has 1 atom stereocenters. The maximum Gasteiger partial charge on any atom is 0.124 e. The monoisotopic (exact) mass is 479 g/mol. The molecule has 3 aromatic carbocycles. The van der Waals surface area contributed by atoms with Gasteiger partial charge in [-0.15, -0.1) is 0 Å². The first-order chi connectivity index (χ1) is 13.5. The fourth-order valence-electron chi connectivity index (χ4n) is 2.75. The van der Waals surface area contributed by atoms with Crippen molar-refractivity contribution in [1.82, 2.24) is 5.32 Å². The van der Waals surface area contributed by atoms with Crippen LogP contribution in [0.1, 0.15) is 22.8 Å². The van der Waals surface area contributed by atoms with E-state index in [1.807, 2.05) is 54.6 Å². The Labute approximate surface area is 183 Å². The van der Waals surface area contributed by atoms with Crippen molar-refractivity contribution < 1.29 is 9.84 Å². The van der Waals surface area contributed by atoms with Crippen molar-refractivity contribution in [2.75, 3.05) is 6.54 Å². The number of aliphatic hydroxyl groups is 1. The number of nitrogens with one attached hydrogen (secondary N) is 1. The Hall–Kier alpha value is -1.56. The lowest BCUT2D eigenvalue weighted by molar-refractivity contribution is 0.174. The minimum Gasteiger partial charge on any atom is -0.489 e. The first-order valence-corrected chi connectivity index (χ1v) is 10.4. The molecule has 6 heteroatoms. The van der Waals surface area contributed by atoms with Gasteiger partial charge in [-0.1, -0.05) is 75.5 Å². The van der Waals surface area contributed by atoms with Crippen LogP contribution in [0.4, 0.5) is 0 Å². The summed E-state index contributed by atoms with van der Waals surface area (Å²) in [5.41, 5.74) is 2.82. The van der Waals surface area contributed by atoms with Crippen LogP contribution in [-0.4, -0.2) is 11.7 Å². The Kier molecular flexibility index (Phi) is 7.77. The predicted octanol–water partition coefficient (Wildman–Crippen LogP) is 6.16. The normalized spacial score (nSPS) is 12.0. The third-order valence-electron chi connectivity index (χ3n) is 4.24. The summed E-state index contributed by atoms with van der Waals surface area (Å²) in [5.74, 6) is 0.774. The van der Waals surface area contributed by atoms with Crippen molar-refractivity contribution in [3.8, 4) is 5.75 Å². The molecule has 0 aromatic heterocycles. The molecular formula is C22H20BrCl2NO2. The highest BCUT2D eigenvalue weighted by Gasteiger charge is 2.09. The second kappa shape index (κ2) is 10.3. The van der Waals surface area contributed by atoms with Crippen molar-refractivity contribution in [2.24, 2.45) is 0 Å². The molecule has 0 saturated heterocycles. The molecule has 0 unspecified atom stereocenters. The summed E-state index contributed by atoms with van der Waals surface area (Å²) in [5, 5.41) is 14.6. The molecule has 28 heavy (non-hydrogen) atoms. The quantitative estimate of drug-likeness (QED) is 0.405. The van der Waals surface area contributed by atoms with E-state index < -0.39 is 6.10 Å². The summed E-state index contributed by atoms with van der Waals surface area (Å²) in [4.78, 5) is 0. The standard InChI is InChI=1S/C22H20BrCl2NO2/c23-18-7-9-22(28-14-15-6-8-19(24)20(25)10-15)17(11-18)12-26-13-21(27)16-4-2-1-3-5-16/h1-11,21,26-27H,12-14H2/t21-/m0/s1. The molecule has 3 rings (SSSR count). The molecule has 0 saturated carbocycles. The van der Waals surface area contributed by atoms with Gasteiger partial charge in [0, 0.05) is 23.1 Å². The van der Waals surface area contributed by atoms with Gasteiger partial charge < -0.3 is 15.2 Å².